The Balaban J connectivity index is 2.24. The number of nitrogens with one attached hydrogen (secondary N) is 1. The van der Waals surface area contributed by atoms with Gasteiger partial charge in [0.05, 0.1) is 5.56 Å². The highest BCUT2D eigenvalue weighted by molar-refractivity contribution is 5.96. The molecular weight excluding hydrogens is 232 g/mol. The Kier molecular flexibility index (Phi) is 3.23. The Morgan fingerprint density at radius 3 is 2.78 bits per heavy atom. The van der Waals surface area contributed by atoms with E-state index in [9.17, 15) is 9.59 Å². The smallest absolute Gasteiger partial charge is 0.337 e. The van der Waals surface area contributed by atoms with Crippen molar-refractivity contribution in [1.82, 2.24) is 4.90 Å². The van der Waals surface area contributed by atoms with Gasteiger partial charge in [-0.05, 0) is 25.5 Å². The molecule has 0 aromatic heterocycles. The van der Waals surface area contributed by atoms with Crippen LogP contribution in [0.25, 0.3) is 0 Å². The van der Waals surface area contributed by atoms with Crippen LogP contribution in [0.15, 0.2) is 18.2 Å². The number of carbonyl (C=O) groups is 2. The van der Waals surface area contributed by atoms with Crippen LogP contribution in [0.3, 0.4) is 0 Å². The fourth-order valence-corrected chi connectivity index (χ4v) is 2.10. The number of carboxylic acid groups (broad SMARTS) is 1. The van der Waals surface area contributed by atoms with Crippen molar-refractivity contribution >= 4 is 17.6 Å². The highest BCUT2D eigenvalue weighted by Gasteiger charge is 2.29. The van der Waals surface area contributed by atoms with E-state index >= 15 is 0 Å². The maximum atomic E-state index is 11.8. The SMILES string of the molecule is Cc1ccc(NC2CCN(C)C2=O)c(C(=O)O)c1. The van der Waals surface area contributed by atoms with E-state index < -0.39 is 5.97 Å². The molecule has 0 radical (unpaired) electrons. The zero-order valence-corrected chi connectivity index (χ0v) is 10.4. The number of carbonyl (C=O) groups excluding carboxylic acids is 1. The molecule has 1 aliphatic rings. The molecule has 1 atom stereocenters. The van der Waals surface area contributed by atoms with E-state index in [0.29, 0.717) is 18.7 Å². The van der Waals surface area contributed by atoms with E-state index in [1.165, 1.54) is 0 Å². The second-order valence-electron chi connectivity index (χ2n) is 4.60. The van der Waals surface area contributed by atoms with Crippen LogP contribution >= 0.6 is 0 Å². The molecule has 1 fully saturated rings. The summed E-state index contributed by atoms with van der Waals surface area (Å²) in [5.74, 6) is -0.980. The molecule has 0 spiro atoms. The molecule has 1 unspecified atom stereocenters. The van der Waals surface area contributed by atoms with Crippen LogP contribution in [-0.4, -0.2) is 41.5 Å². The predicted molar refractivity (Wildman–Crippen MR) is 67.8 cm³/mol. The lowest BCUT2D eigenvalue weighted by Gasteiger charge is -2.15. The number of hydrogen-bond acceptors (Lipinski definition) is 3. The van der Waals surface area contributed by atoms with E-state index in [-0.39, 0.29) is 17.5 Å². The minimum Gasteiger partial charge on any atom is -0.478 e. The summed E-state index contributed by atoms with van der Waals surface area (Å²) in [4.78, 5) is 24.6. The second kappa shape index (κ2) is 4.68. The fraction of sp³-hybridized carbons (Fsp3) is 0.385. The molecule has 1 saturated heterocycles. The van der Waals surface area contributed by atoms with E-state index in [1.807, 2.05) is 13.0 Å². The number of aryl methyl sites for hydroxylation is 1. The summed E-state index contributed by atoms with van der Waals surface area (Å²) in [7, 11) is 1.75. The third-order valence-electron chi connectivity index (χ3n) is 3.16. The average Bonchev–Trinajstić information content (AvgIpc) is 2.63. The number of amides is 1. The number of aromatic carboxylic acids is 1. The van der Waals surface area contributed by atoms with Crippen molar-refractivity contribution in [3.8, 4) is 0 Å². The molecule has 1 aromatic carbocycles. The lowest BCUT2D eigenvalue weighted by atomic mass is 10.1. The Hall–Kier alpha value is -2.04. The molecule has 2 N–H and O–H groups in total. The third kappa shape index (κ3) is 2.30. The van der Waals surface area contributed by atoms with Gasteiger partial charge in [0.2, 0.25) is 5.91 Å². The van der Waals surface area contributed by atoms with E-state index in [2.05, 4.69) is 5.32 Å². The van der Waals surface area contributed by atoms with E-state index in [4.69, 9.17) is 5.11 Å². The number of hydrogen-bond donors (Lipinski definition) is 2. The van der Waals surface area contributed by atoms with Gasteiger partial charge in [0, 0.05) is 19.3 Å². The monoisotopic (exact) mass is 248 g/mol. The van der Waals surface area contributed by atoms with Gasteiger partial charge >= 0.3 is 5.97 Å². The average molecular weight is 248 g/mol. The van der Waals surface area contributed by atoms with Crippen LogP contribution < -0.4 is 5.32 Å². The summed E-state index contributed by atoms with van der Waals surface area (Å²) in [6.45, 7) is 2.54. The number of anilines is 1. The van der Waals surface area contributed by atoms with Crippen LogP contribution in [0, 0.1) is 6.92 Å². The summed E-state index contributed by atoms with van der Waals surface area (Å²) < 4.78 is 0. The van der Waals surface area contributed by atoms with Crippen molar-refractivity contribution < 1.29 is 14.7 Å². The molecule has 5 nitrogen and oxygen atoms in total. The Labute approximate surface area is 105 Å². The number of nitrogens with zero attached hydrogens (tertiary/aromatic N) is 1. The molecule has 1 heterocycles. The molecular formula is C13H16N2O3. The summed E-state index contributed by atoms with van der Waals surface area (Å²) in [6, 6.07) is 4.83. The second-order valence-corrected chi connectivity index (χ2v) is 4.60. The summed E-state index contributed by atoms with van der Waals surface area (Å²) in [5.41, 5.74) is 1.59. The fourth-order valence-electron chi connectivity index (χ4n) is 2.10. The van der Waals surface area contributed by atoms with Gasteiger partial charge in [0.1, 0.15) is 6.04 Å². The minimum absolute atomic E-state index is 0.00640. The molecule has 1 amide bonds. The Morgan fingerprint density at radius 2 is 2.22 bits per heavy atom. The summed E-state index contributed by atoms with van der Waals surface area (Å²) >= 11 is 0. The van der Waals surface area contributed by atoms with Gasteiger partial charge in [0.25, 0.3) is 0 Å². The van der Waals surface area contributed by atoms with Crippen molar-refractivity contribution in [2.45, 2.75) is 19.4 Å². The first-order valence-corrected chi connectivity index (χ1v) is 5.84. The highest BCUT2D eigenvalue weighted by Crippen LogP contribution is 2.21. The van der Waals surface area contributed by atoms with Crippen molar-refractivity contribution in [3.63, 3.8) is 0 Å². The molecule has 2 rings (SSSR count). The number of likely N-dealkylation sites (N-methyl/N-ethyl adjacent to an activating group) is 1. The quantitative estimate of drug-likeness (QED) is 0.846. The number of likely N-dealkylation sites (tertiary alicyclic amines) is 1. The summed E-state index contributed by atoms with van der Waals surface area (Å²) in [6.07, 6.45) is 0.697. The van der Waals surface area contributed by atoms with E-state index in [0.717, 1.165) is 5.56 Å². The summed E-state index contributed by atoms with van der Waals surface area (Å²) in [5, 5.41) is 12.2. The molecule has 96 valence electrons. The highest BCUT2D eigenvalue weighted by atomic mass is 16.4. The van der Waals surface area contributed by atoms with E-state index in [1.54, 1.807) is 24.1 Å². The van der Waals surface area contributed by atoms with Crippen LogP contribution in [0.4, 0.5) is 5.69 Å². The first kappa shape index (κ1) is 12.4. The standard InChI is InChI=1S/C13H16N2O3/c1-8-3-4-10(9(7-8)13(17)18)14-11-5-6-15(2)12(11)16/h3-4,7,11,14H,5-6H2,1-2H3,(H,17,18). The normalized spacial score (nSPS) is 19.1. The molecule has 1 aliphatic heterocycles. The number of carboxylic acids is 1. The topological polar surface area (TPSA) is 69.6 Å². The van der Waals surface area contributed by atoms with Gasteiger partial charge in [-0.1, -0.05) is 11.6 Å². The predicted octanol–water partition coefficient (Wildman–Crippen LogP) is 1.34. The van der Waals surface area contributed by atoms with Gasteiger partial charge < -0.3 is 15.3 Å². The zero-order valence-electron chi connectivity index (χ0n) is 10.4. The number of rotatable bonds is 3. The van der Waals surface area contributed by atoms with Crippen molar-refractivity contribution in [2.24, 2.45) is 0 Å². The molecule has 0 saturated carbocycles. The van der Waals surface area contributed by atoms with Crippen molar-refractivity contribution in [3.05, 3.63) is 29.3 Å². The molecule has 0 aliphatic carbocycles. The van der Waals surface area contributed by atoms with Crippen LogP contribution in [0.1, 0.15) is 22.3 Å². The largest absolute Gasteiger partial charge is 0.478 e. The van der Waals surface area contributed by atoms with Gasteiger partial charge in [-0.3, -0.25) is 4.79 Å². The molecule has 5 heteroatoms. The Morgan fingerprint density at radius 1 is 1.50 bits per heavy atom. The van der Waals surface area contributed by atoms with Gasteiger partial charge in [-0.15, -0.1) is 0 Å². The number of benzene rings is 1. The first-order chi connectivity index (χ1) is 8.49. The maximum Gasteiger partial charge on any atom is 0.337 e. The van der Waals surface area contributed by atoms with Crippen LogP contribution in [0.2, 0.25) is 0 Å². The lowest BCUT2D eigenvalue weighted by Crippen LogP contribution is -2.31. The molecule has 0 bridgehead atoms. The third-order valence-corrected chi connectivity index (χ3v) is 3.16. The van der Waals surface area contributed by atoms with Crippen LogP contribution in [-0.2, 0) is 4.79 Å². The molecule has 18 heavy (non-hydrogen) atoms. The maximum absolute atomic E-state index is 11.8. The van der Waals surface area contributed by atoms with Gasteiger partial charge in [-0.2, -0.15) is 0 Å². The van der Waals surface area contributed by atoms with Crippen LogP contribution in [0.5, 0.6) is 0 Å². The first-order valence-electron chi connectivity index (χ1n) is 5.84. The Bertz CT molecular complexity index is 499. The lowest BCUT2D eigenvalue weighted by molar-refractivity contribution is -0.127. The van der Waals surface area contributed by atoms with Gasteiger partial charge in [0.15, 0.2) is 0 Å². The molecule has 1 aromatic rings. The minimum atomic E-state index is -0.986. The van der Waals surface area contributed by atoms with Crippen molar-refractivity contribution in [2.75, 3.05) is 18.9 Å². The van der Waals surface area contributed by atoms with Crippen molar-refractivity contribution in [1.29, 1.82) is 0 Å². The van der Waals surface area contributed by atoms with Gasteiger partial charge in [-0.25, -0.2) is 4.79 Å². The zero-order chi connectivity index (χ0) is 13.3.